The lowest BCUT2D eigenvalue weighted by Gasteiger charge is -2.18. The van der Waals surface area contributed by atoms with Crippen LogP contribution in [0.1, 0.15) is 258 Å². The van der Waals surface area contributed by atoms with Gasteiger partial charge in [0.25, 0.3) is 0 Å². The van der Waals surface area contributed by atoms with E-state index in [4.69, 9.17) is 14.2 Å². The Bertz CT molecular complexity index is 768. The number of unbranched alkanes of at least 4 members (excludes halogenated alkanes) is 31. The summed E-state index contributed by atoms with van der Waals surface area (Å²) < 4.78 is 16.7. The summed E-state index contributed by atoms with van der Waals surface area (Å²) in [6.45, 7) is 6.63. The summed E-state index contributed by atoms with van der Waals surface area (Å²) in [5, 5.41) is 0. The molecule has 0 N–H and O–H groups in total. The minimum Gasteiger partial charge on any atom is -0.462 e. The van der Waals surface area contributed by atoms with Gasteiger partial charge in [-0.2, -0.15) is 0 Å². The minimum atomic E-state index is -0.757. The summed E-state index contributed by atoms with van der Waals surface area (Å²) in [6.07, 6.45) is 42.2. The molecule has 6 nitrogen and oxygen atoms in total. The van der Waals surface area contributed by atoms with Gasteiger partial charge in [0.15, 0.2) is 6.10 Å². The van der Waals surface area contributed by atoms with E-state index in [1.807, 2.05) is 0 Å². The molecule has 1 atom stereocenters. The molecule has 0 fully saturated rings. The maximum absolute atomic E-state index is 12.7. The van der Waals surface area contributed by atoms with E-state index in [0.29, 0.717) is 19.3 Å². The lowest BCUT2D eigenvalue weighted by Crippen LogP contribution is -2.30. The van der Waals surface area contributed by atoms with Crippen LogP contribution in [0.4, 0.5) is 0 Å². The second kappa shape index (κ2) is 42.2. The highest BCUT2D eigenvalue weighted by atomic mass is 16.6. The Hall–Kier alpha value is -1.59. The first-order valence-electron chi connectivity index (χ1n) is 23.0. The van der Waals surface area contributed by atoms with Gasteiger partial charge in [0.1, 0.15) is 13.2 Å². The van der Waals surface area contributed by atoms with Crippen molar-refractivity contribution in [1.29, 1.82) is 0 Å². The molecule has 0 aliphatic rings. The Morgan fingerprint density at radius 2 is 0.519 bits per heavy atom. The first-order valence-corrected chi connectivity index (χ1v) is 23.0. The minimum absolute atomic E-state index is 0.0628. The molecule has 0 aromatic heterocycles. The summed E-state index contributed by atoms with van der Waals surface area (Å²) in [6, 6.07) is 0. The van der Waals surface area contributed by atoms with Crippen LogP contribution in [-0.2, 0) is 28.6 Å². The highest BCUT2D eigenvalue weighted by Gasteiger charge is 2.19. The monoisotopic (exact) mass is 737 g/mol. The SMILES string of the molecule is CCCCCCCCCCCCCCCCC(=O)O[C@@H](COC(=O)CCCCCCCCCCC)COC(=O)CCCCCCCCCCCCC. The van der Waals surface area contributed by atoms with Crippen LogP contribution in [0.25, 0.3) is 0 Å². The molecule has 0 bridgehead atoms. The molecule has 0 aliphatic heterocycles. The fraction of sp³-hybridized carbons (Fsp3) is 0.935. The second-order valence-electron chi connectivity index (χ2n) is 15.7. The predicted molar refractivity (Wildman–Crippen MR) is 220 cm³/mol. The van der Waals surface area contributed by atoms with E-state index in [9.17, 15) is 14.4 Å². The van der Waals surface area contributed by atoms with Gasteiger partial charge in [0, 0.05) is 19.3 Å². The molecule has 0 saturated heterocycles. The van der Waals surface area contributed by atoms with Gasteiger partial charge in [0.05, 0.1) is 0 Å². The van der Waals surface area contributed by atoms with Crippen molar-refractivity contribution in [2.75, 3.05) is 13.2 Å². The fourth-order valence-electron chi connectivity index (χ4n) is 6.85. The highest BCUT2D eigenvalue weighted by molar-refractivity contribution is 5.71. The predicted octanol–water partition coefficient (Wildman–Crippen LogP) is 14.5. The molecule has 6 heteroatoms. The van der Waals surface area contributed by atoms with Crippen LogP contribution < -0.4 is 0 Å². The van der Waals surface area contributed by atoms with Crippen molar-refractivity contribution in [3.8, 4) is 0 Å². The zero-order chi connectivity index (χ0) is 38.0. The fourth-order valence-corrected chi connectivity index (χ4v) is 6.85. The van der Waals surface area contributed by atoms with E-state index >= 15 is 0 Å². The number of hydrogen-bond acceptors (Lipinski definition) is 6. The maximum atomic E-state index is 12.7. The number of ether oxygens (including phenoxy) is 3. The molecular weight excluding hydrogens is 648 g/mol. The Balaban J connectivity index is 4.30. The zero-order valence-electron chi connectivity index (χ0n) is 35.1. The molecule has 52 heavy (non-hydrogen) atoms. The van der Waals surface area contributed by atoms with Crippen LogP contribution >= 0.6 is 0 Å². The van der Waals surface area contributed by atoms with E-state index in [1.165, 1.54) is 161 Å². The molecule has 0 radical (unpaired) electrons. The van der Waals surface area contributed by atoms with Gasteiger partial charge < -0.3 is 14.2 Å². The maximum Gasteiger partial charge on any atom is 0.306 e. The third kappa shape index (κ3) is 39.6. The van der Waals surface area contributed by atoms with E-state index in [-0.39, 0.29) is 31.1 Å². The van der Waals surface area contributed by atoms with E-state index in [2.05, 4.69) is 20.8 Å². The number of rotatable bonds is 42. The van der Waals surface area contributed by atoms with Crippen LogP contribution in [0.2, 0.25) is 0 Å². The molecule has 0 amide bonds. The quantitative estimate of drug-likeness (QED) is 0.0353. The first-order chi connectivity index (χ1) is 25.5. The van der Waals surface area contributed by atoms with E-state index in [0.717, 1.165) is 57.8 Å². The largest absolute Gasteiger partial charge is 0.462 e. The van der Waals surface area contributed by atoms with Crippen molar-refractivity contribution >= 4 is 17.9 Å². The third-order valence-corrected chi connectivity index (χ3v) is 10.4. The van der Waals surface area contributed by atoms with Gasteiger partial charge in [-0.3, -0.25) is 14.4 Å². The van der Waals surface area contributed by atoms with Crippen molar-refractivity contribution in [1.82, 2.24) is 0 Å². The van der Waals surface area contributed by atoms with Crippen molar-refractivity contribution in [3.05, 3.63) is 0 Å². The van der Waals surface area contributed by atoms with Gasteiger partial charge in [-0.1, -0.05) is 220 Å². The first kappa shape index (κ1) is 50.4. The topological polar surface area (TPSA) is 78.9 Å². The van der Waals surface area contributed by atoms with Crippen LogP contribution in [0.3, 0.4) is 0 Å². The molecule has 0 unspecified atom stereocenters. The number of esters is 3. The lowest BCUT2D eigenvalue weighted by atomic mass is 10.0. The van der Waals surface area contributed by atoms with Crippen molar-refractivity contribution in [2.45, 2.75) is 264 Å². The van der Waals surface area contributed by atoms with E-state index in [1.54, 1.807) is 0 Å². The molecule has 0 rings (SSSR count). The van der Waals surface area contributed by atoms with Gasteiger partial charge in [-0.05, 0) is 19.3 Å². The summed E-state index contributed by atoms with van der Waals surface area (Å²) in [4.78, 5) is 37.6. The Morgan fingerprint density at radius 1 is 0.308 bits per heavy atom. The zero-order valence-corrected chi connectivity index (χ0v) is 35.1. The molecular formula is C46H88O6. The standard InChI is InChI=1S/C46H88O6/c1-4-7-10-13-16-19-21-22-23-25-28-31-34-37-40-46(49)52-43(41-50-44(47)38-35-32-29-26-18-15-12-9-6-3)42-51-45(48)39-36-33-30-27-24-20-17-14-11-8-5-2/h43H,4-42H2,1-3H3/t43-/m0/s1. The Labute approximate surface area is 323 Å². The normalized spacial score (nSPS) is 11.8. The molecule has 0 saturated carbocycles. The smallest absolute Gasteiger partial charge is 0.306 e. The average Bonchev–Trinajstić information content (AvgIpc) is 3.14. The summed E-state index contributed by atoms with van der Waals surface area (Å²) in [5.41, 5.74) is 0. The van der Waals surface area contributed by atoms with Crippen molar-refractivity contribution in [3.63, 3.8) is 0 Å². The Morgan fingerprint density at radius 3 is 0.769 bits per heavy atom. The van der Waals surface area contributed by atoms with Crippen molar-refractivity contribution < 1.29 is 28.6 Å². The van der Waals surface area contributed by atoms with Crippen LogP contribution in [-0.4, -0.2) is 37.2 Å². The summed E-state index contributed by atoms with van der Waals surface area (Å²) >= 11 is 0. The number of hydrogen-bond donors (Lipinski definition) is 0. The molecule has 308 valence electrons. The number of carbonyl (C=O) groups is 3. The average molecular weight is 737 g/mol. The molecule has 0 aromatic carbocycles. The summed E-state index contributed by atoms with van der Waals surface area (Å²) in [7, 11) is 0. The van der Waals surface area contributed by atoms with Crippen LogP contribution in [0.15, 0.2) is 0 Å². The molecule has 0 spiro atoms. The molecule has 0 heterocycles. The van der Waals surface area contributed by atoms with Gasteiger partial charge >= 0.3 is 17.9 Å². The van der Waals surface area contributed by atoms with Gasteiger partial charge in [-0.15, -0.1) is 0 Å². The van der Waals surface area contributed by atoms with E-state index < -0.39 is 6.10 Å². The second-order valence-corrected chi connectivity index (χ2v) is 15.7. The molecule has 0 aromatic rings. The summed E-state index contributed by atoms with van der Waals surface area (Å²) in [5.74, 6) is -0.853. The number of carbonyl (C=O) groups excluding carboxylic acids is 3. The van der Waals surface area contributed by atoms with Crippen molar-refractivity contribution in [2.24, 2.45) is 0 Å². The van der Waals surface area contributed by atoms with Gasteiger partial charge in [-0.25, -0.2) is 0 Å². The van der Waals surface area contributed by atoms with Crippen LogP contribution in [0, 0.1) is 0 Å². The lowest BCUT2D eigenvalue weighted by molar-refractivity contribution is -0.167. The van der Waals surface area contributed by atoms with Gasteiger partial charge in [0.2, 0.25) is 0 Å². The molecule has 0 aliphatic carbocycles. The third-order valence-electron chi connectivity index (χ3n) is 10.4. The van der Waals surface area contributed by atoms with Crippen LogP contribution in [0.5, 0.6) is 0 Å². The highest BCUT2D eigenvalue weighted by Crippen LogP contribution is 2.16. The Kier molecular flexibility index (Phi) is 40.9.